The van der Waals surface area contributed by atoms with Crippen molar-refractivity contribution in [2.24, 2.45) is 5.41 Å². The molecule has 1 heterocycles. The van der Waals surface area contributed by atoms with Crippen molar-refractivity contribution in [3.8, 4) is 0 Å². The Balaban J connectivity index is 2.40. The molecule has 1 N–H and O–H groups in total. The summed E-state index contributed by atoms with van der Waals surface area (Å²) in [5.41, 5.74) is 0.339. The smallest absolute Gasteiger partial charge is 0.0619 e. The number of nitrogens with zero attached hydrogens (tertiary/aromatic N) is 1. The van der Waals surface area contributed by atoms with Crippen molar-refractivity contribution in [2.45, 2.75) is 53.1 Å². The highest BCUT2D eigenvalue weighted by Crippen LogP contribution is 2.22. The van der Waals surface area contributed by atoms with Gasteiger partial charge in [0, 0.05) is 25.2 Å². The molecule has 102 valence electrons. The third-order valence-corrected chi connectivity index (χ3v) is 3.71. The largest absolute Gasteiger partial charge is 0.379 e. The minimum Gasteiger partial charge on any atom is -0.379 e. The number of hydrogen-bond acceptors (Lipinski definition) is 3. The Labute approximate surface area is 107 Å². The summed E-state index contributed by atoms with van der Waals surface area (Å²) in [5, 5.41) is 3.62. The molecule has 0 aromatic carbocycles. The molecule has 2 atom stereocenters. The molecule has 1 aliphatic rings. The van der Waals surface area contributed by atoms with Gasteiger partial charge in [0.25, 0.3) is 0 Å². The lowest BCUT2D eigenvalue weighted by Gasteiger charge is -2.37. The number of rotatable bonds is 5. The van der Waals surface area contributed by atoms with E-state index in [0.29, 0.717) is 17.5 Å². The molecule has 1 rings (SSSR count). The highest BCUT2D eigenvalue weighted by atomic mass is 16.5. The van der Waals surface area contributed by atoms with Gasteiger partial charge in [0.1, 0.15) is 0 Å². The van der Waals surface area contributed by atoms with Crippen molar-refractivity contribution < 1.29 is 4.74 Å². The minimum absolute atomic E-state index is 0.339. The first-order chi connectivity index (χ1) is 7.95. The standard InChI is InChI=1S/C14H30N2O/c1-6-15-13(14(3,4)5)7-8-16-9-10-17-11-12(16)2/h12-13,15H,6-11H2,1-5H3. The molecule has 0 bridgehead atoms. The molecule has 0 radical (unpaired) electrons. The zero-order valence-corrected chi connectivity index (χ0v) is 12.3. The van der Waals surface area contributed by atoms with E-state index in [-0.39, 0.29) is 0 Å². The minimum atomic E-state index is 0.339. The van der Waals surface area contributed by atoms with E-state index in [2.05, 4.69) is 44.8 Å². The third kappa shape index (κ3) is 4.94. The molecule has 0 aromatic heterocycles. The maximum absolute atomic E-state index is 5.48. The molecule has 0 spiro atoms. The fraction of sp³-hybridized carbons (Fsp3) is 1.00. The lowest BCUT2D eigenvalue weighted by molar-refractivity contribution is -0.00339. The van der Waals surface area contributed by atoms with E-state index in [0.717, 1.165) is 26.3 Å². The number of hydrogen-bond donors (Lipinski definition) is 1. The molecular weight excluding hydrogens is 212 g/mol. The summed E-state index contributed by atoms with van der Waals surface area (Å²) in [5.74, 6) is 0. The highest BCUT2D eigenvalue weighted by Gasteiger charge is 2.25. The fourth-order valence-corrected chi connectivity index (χ4v) is 2.48. The Morgan fingerprint density at radius 2 is 2.12 bits per heavy atom. The van der Waals surface area contributed by atoms with Crippen LogP contribution in [0.3, 0.4) is 0 Å². The monoisotopic (exact) mass is 242 g/mol. The number of ether oxygens (including phenoxy) is 1. The van der Waals surface area contributed by atoms with Gasteiger partial charge in [0.2, 0.25) is 0 Å². The van der Waals surface area contributed by atoms with Crippen LogP contribution in [0.2, 0.25) is 0 Å². The Bertz CT molecular complexity index is 213. The van der Waals surface area contributed by atoms with Crippen LogP contribution in [-0.2, 0) is 4.74 Å². The second-order valence-electron chi connectivity index (χ2n) is 6.22. The summed E-state index contributed by atoms with van der Waals surface area (Å²) in [6.45, 7) is 16.5. The molecule has 17 heavy (non-hydrogen) atoms. The summed E-state index contributed by atoms with van der Waals surface area (Å²) >= 11 is 0. The lowest BCUT2D eigenvalue weighted by atomic mass is 9.84. The van der Waals surface area contributed by atoms with E-state index in [9.17, 15) is 0 Å². The zero-order chi connectivity index (χ0) is 12.9. The van der Waals surface area contributed by atoms with Gasteiger partial charge in [-0.05, 0) is 25.3 Å². The van der Waals surface area contributed by atoms with Gasteiger partial charge < -0.3 is 10.1 Å². The van der Waals surface area contributed by atoms with E-state index in [1.54, 1.807) is 0 Å². The van der Waals surface area contributed by atoms with Crippen molar-refractivity contribution in [1.29, 1.82) is 0 Å². The van der Waals surface area contributed by atoms with Crippen molar-refractivity contribution in [2.75, 3.05) is 32.8 Å². The third-order valence-electron chi connectivity index (χ3n) is 3.71. The summed E-state index contributed by atoms with van der Waals surface area (Å²) < 4.78 is 5.48. The predicted octanol–water partition coefficient (Wildman–Crippen LogP) is 2.12. The van der Waals surface area contributed by atoms with Gasteiger partial charge in [-0.25, -0.2) is 0 Å². The van der Waals surface area contributed by atoms with Crippen LogP contribution in [0.1, 0.15) is 41.0 Å². The second-order valence-corrected chi connectivity index (χ2v) is 6.22. The van der Waals surface area contributed by atoms with Crippen LogP contribution < -0.4 is 5.32 Å². The fourth-order valence-electron chi connectivity index (χ4n) is 2.48. The molecule has 1 fully saturated rings. The van der Waals surface area contributed by atoms with E-state index >= 15 is 0 Å². The summed E-state index contributed by atoms with van der Waals surface area (Å²) in [7, 11) is 0. The van der Waals surface area contributed by atoms with Crippen LogP contribution in [0.15, 0.2) is 0 Å². The van der Waals surface area contributed by atoms with Gasteiger partial charge in [-0.3, -0.25) is 4.90 Å². The van der Waals surface area contributed by atoms with Gasteiger partial charge in [-0.15, -0.1) is 0 Å². The van der Waals surface area contributed by atoms with E-state index in [1.165, 1.54) is 13.0 Å². The van der Waals surface area contributed by atoms with Gasteiger partial charge in [-0.2, -0.15) is 0 Å². The first kappa shape index (κ1) is 14.9. The highest BCUT2D eigenvalue weighted by molar-refractivity contribution is 4.82. The van der Waals surface area contributed by atoms with Crippen molar-refractivity contribution in [1.82, 2.24) is 10.2 Å². The van der Waals surface area contributed by atoms with Crippen LogP contribution in [0.25, 0.3) is 0 Å². The van der Waals surface area contributed by atoms with Crippen LogP contribution in [0.4, 0.5) is 0 Å². The van der Waals surface area contributed by atoms with Gasteiger partial charge >= 0.3 is 0 Å². The van der Waals surface area contributed by atoms with Crippen LogP contribution in [0, 0.1) is 5.41 Å². The van der Waals surface area contributed by atoms with Crippen LogP contribution in [-0.4, -0.2) is 49.8 Å². The Morgan fingerprint density at radius 1 is 1.41 bits per heavy atom. The molecule has 0 aromatic rings. The van der Waals surface area contributed by atoms with Gasteiger partial charge in [-0.1, -0.05) is 27.7 Å². The topological polar surface area (TPSA) is 24.5 Å². The average molecular weight is 242 g/mol. The summed E-state index contributed by atoms with van der Waals surface area (Å²) in [6, 6.07) is 1.17. The van der Waals surface area contributed by atoms with Crippen molar-refractivity contribution in [3.05, 3.63) is 0 Å². The Kier molecular flexibility index (Phi) is 5.90. The van der Waals surface area contributed by atoms with E-state index in [4.69, 9.17) is 4.74 Å². The Morgan fingerprint density at radius 3 is 2.65 bits per heavy atom. The molecule has 3 nitrogen and oxygen atoms in total. The number of morpholine rings is 1. The normalized spacial score (nSPS) is 24.9. The van der Waals surface area contributed by atoms with Crippen LogP contribution in [0.5, 0.6) is 0 Å². The first-order valence-electron chi connectivity index (χ1n) is 7.00. The first-order valence-corrected chi connectivity index (χ1v) is 7.00. The maximum Gasteiger partial charge on any atom is 0.0619 e. The van der Waals surface area contributed by atoms with E-state index < -0.39 is 0 Å². The maximum atomic E-state index is 5.48. The molecule has 0 saturated carbocycles. The molecule has 3 heteroatoms. The number of nitrogens with one attached hydrogen (secondary N) is 1. The van der Waals surface area contributed by atoms with Gasteiger partial charge in [0.05, 0.1) is 13.2 Å². The quantitative estimate of drug-likeness (QED) is 0.799. The molecule has 1 aliphatic heterocycles. The molecular formula is C14H30N2O. The van der Waals surface area contributed by atoms with Crippen LogP contribution >= 0.6 is 0 Å². The van der Waals surface area contributed by atoms with Crippen molar-refractivity contribution in [3.63, 3.8) is 0 Å². The molecule has 0 aliphatic carbocycles. The second kappa shape index (κ2) is 6.72. The zero-order valence-electron chi connectivity index (χ0n) is 12.3. The lowest BCUT2D eigenvalue weighted by Crippen LogP contribution is -2.47. The molecule has 2 unspecified atom stereocenters. The van der Waals surface area contributed by atoms with E-state index in [1.807, 2.05) is 0 Å². The van der Waals surface area contributed by atoms with Gasteiger partial charge in [0.15, 0.2) is 0 Å². The van der Waals surface area contributed by atoms with Crippen molar-refractivity contribution >= 4 is 0 Å². The molecule has 0 amide bonds. The summed E-state index contributed by atoms with van der Waals surface area (Å²) in [4.78, 5) is 2.56. The average Bonchev–Trinajstić information content (AvgIpc) is 2.24. The predicted molar refractivity (Wildman–Crippen MR) is 73.4 cm³/mol. The summed E-state index contributed by atoms with van der Waals surface area (Å²) in [6.07, 6.45) is 1.22. The SMILES string of the molecule is CCNC(CCN1CCOCC1C)C(C)(C)C. The Hall–Kier alpha value is -0.120. The molecule has 1 saturated heterocycles.